The number of hydrogen-bond acceptors (Lipinski definition) is 5. The third-order valence-electron chi connectivity index (χ3n) is 2.96. The van der Waals surface area contributed by atoms with Gasteiger partial charge < -0.3 is 4.74 Å². The number of carbonyl (C=O) groups excluding carboxylic acids is 1. The topological polar surface area (TPSA) is 53.9 Å². The second kappa shape index (κ2) is 5.70. The van der Waals surface area contributed by atoms with Gasteiger partial charge in [-0.1, -0.05) is 24.0 Å². The Morgan fingerprint density at radius 1 is 1.38 bits per heavy atom. The highest BCUT2D eigenvalue weighted by atomic mass is 32.2. The second-order valence-electron chi connectivity index (χ2n) is 4.29. The van der Waals surface area contributed by atoms with Gasteiger partial charge in [0.05, 0.1) is 6.61 Å². The van der Waals surface area contributed by atoms with Gasteiger partial charge in [-0.2, -0.15) is 0 Å². The van der Waals surface area contributed by atoms with E-state index < -0.39 is 5.25 Å². The van der Waals surface area contributed by atoms with E-state index in [1.54, 1.807) is 4.90 Å². The van der Waals surface area contributed by atoms with E-state index in [2.05, 4.69) is 10.3 Å². The molecule has 2 aliphatic rings. The minimum atomic E-state index is -0.434. The molecule has 0 radical (unpaired) electrons. The second-order valence-corrected chi connectivity index (χ2v) is 6.42. The summed E-state index contributed by atoms with van der Waals surface area (Å²) in [5.41, 5.74) is 0.842. The van der Waals surface area contributed by atoms with Crippen LogP contribution in [-0.4, -0.2) is 33.0 Å². The minimum Gasteiger partial charge on any atom is -0.494 e. The van der Waals surface area contributed by atoms with Crippen LogP contribution in [0.15, 0.2) is 29.3 Å². The van der Waals surface area contributed by atoms with Crippen LogP contribution in [0.3, 0.4) is 0 Å². The molecule has 21 heavy (non-hydrogen) atoms. The largest absolute Gasteiger partial charge is 0.494 e. The number of hydrogen-bond donors (Lipinski definition) is 1. The molecule has 0 aromatic heterocycles. The Balaban J connectivity index is 1.95. The predicted molar refractivity (Wildman–Crippen MR) is 92.2 cm³/mol. The van der Waals surface area contributed by atoms with Crippen LogP contribution in [0.4, 0.5) is 5.69 Å². The standard InChI is InChI=1S/C13H11N3O2S3/c1-2-18-8-5-3-7(4-6-8)16-10-9(21-13(16)20)11(17)15-12(19)14-10/h3-6,9H,2H2,1H3,(H,15,17,19). The van der Waals surface area contributed by atoms with Crippen LogP contribution in [0.5, 0.6) is 5.75 Å². The fourth-order valence-corrected chi connectivity index (χ4v) is 3.71. The zero-order valence-electron chi connectivity index (χ0n) is 11.0. The highest BCUT2D eigenvalue weighted by Crippen LogP contribution is 2.34. The first-order valence-corrected chi connectivity index (χ1v) is 7.97. The molecule has 1 aromatic carbocycles. The van der Waals surface area contributed by atoms with Gasteiger partial charge >= 0.3 is 0 Å². The maximum atomic E-state index is 11.9. The SMILES string of the molecule is CCOc1ccc(N2C(=S)SC3C(=O)NC(=S)N=C32)cc1. The summed E-state index contributed by atoms with van der Waals surface area (Å²) in [5.74, 6) is 1.18. The monoisotopic (exact) mass is 337 g/mol. The Morgan fingerprint density at radius 3 is 2.76 bits per heavy atom. The number of thiocarbonyl (C=S) groups is 2. The number of aliphatic imine (C=N–C) groups is 1. The van der Waals surface area contributed by atoms with Crippen LogP contribution in [0.2, 0.25) is 0 Å². The Hall–Kier alpha value is -1.51. The number of nitrogens with zero attached hydrogens (tertiary/aromatic N) is 2. The van der Waals surface area contributed by atoms with Crippen LogP contribution in [-0.2, 0) is 4.79 Å². The van der Waals surface area contributed by atoms with Gasteiger partial charge in [0.25, 0.3) is 0 Å². The average Bonchev–Trinajstić information content (AvgIpc) is 2.77. The van der Waals surface area contributed by atoms with Crippen molar-refractivity contribution in [2.24, 2.45) is 4.99 Å². The smallest absolute Gasteiger partial charge is 0.247 e. The van der Waals surface area contributed by atoms with Crippen molar-refractivity contribution in [3.63, 3.8) is 0 Å². The summed E-state index contributed by atoms with van der Waals surface area (Å²) in [7, 11) is 0. The van der Waals surface area contributed by atoms with E-state index in [0.717, 1.165) is 11.4 Å². The molecule has 0 bridgehead atoms. The summed E-state index contributed by atoms with van der Waals surface area (Å²) in [5, 5.41) is 2.29. The number of carbonyl (C=O) groups is 1. The number of thioether (sulfide) groups is 1. The zero-order chi connectivity index (χ0) is 15.0. The van der Waals surface area contributed by atoms with E-state index in [1.807, 2.05) is 31.2 Å². The molecule has 2 aliphatic heterocycles. The number of rotatable bonds is 3. The van der Waals surface area contributed by atoms with Gasteiger partial charge in [0.15, 0.2) is 0 Å². The van der Waals surface area contributed by atoms with Crippen molar-refractivity contribution in [1.82, 2.24) is 5.32 Å². The van der Waals surface area contributed by atoms with E-state index in [1.165, 1.54) is 11.8 Å². The fraction of sp³-hybridized carbons (Fsp3) is 0.231. The van der Waals surface area contributed by atoms with Crippen molar-refractivity contribution in [2.45, 2.75) is 12.2 Å². The first kappa shape index (κ1) is 14.4. The first-order chi connectivity index (χ1) is 10.1. The lowest BCUT2D eigenvalue weighted by atomic mass is 10.2. The maximum absolute atomic E-state index is 11.9. The van der Waals surface area contributed by atoms with Gasteiger partial charge in [0.2, 0.25) is 11.0 Å². The van der Waals surface area contributed by atoms with Crippen LogP contribution in [0, 0.1) is 0 Å². The summed E-state index contributed by atoms with van der Waals surface area (Å²) >= 11 is 11.7. The lowest BCUT2D eigenvalue weighted by Gasteiger charge is -2.22. The summed E-state index contributed by atoms with van der Waals surface area (Å²) in [4.78, 5) is 18.0. The number of ether oxygens (including phenoxy) is 1. The fourth-order valence-electron chi connectivity index (χ4n) is 2.10. The van der Waals surface area contributed by atoms with Crippen LogP contribution in [0.25, 0.3) is 0 Å². The lowest BCUT2D eigenvalue weighted by Crippen LogP contribution is -2.47. The summed E-state index contributed by atoms with van der Waals surface area (Å²) in [6.07, 6.45) is 0. The number of nitrogens with one attached hydrogen (secondary N) is 1. The highest BCUT2D eigenvalue weighted by molar-refractivity contribution is 8.25. The normalized spacial score (nSPS) is 21.0. The van der Waals surface area contributed by atoms with Crippen molar-refractivity contribution in [3.05, 3.63) is 24.3 Å². The highest BCUT2D eigenvalue weighted by Gasteiger charge is 2.43. The molecule has 1 fully saturated rings. The number of amidine groups is 1. The van der Waals surface area contributed by atoms with E-state index in [9.17, 15) is 4.79 Å². The van der Waals surface area contributed by atoms with E-state index in [4.69, 9.17) is 29.2 Å². The van der Waals surface area contributed by atoms with Gasteiger partial charge in [0.1, 0.15) is 21.2 Å². The third kappa shape index (κ3) is 2.66. The molecule has 1 amide bonds. The van der Waals surface area contributed by atoms with E-state index in [0.29, 0.717) is 16.8 Å². The minimum absolute atomic E-state index is 0.174. The van der Waals surface area contributed by atoms with Crippen molar-refractivity contribution in [2.75, 3.05) is 11.5 Å². The van der Waals surface area contributed by atoms with Crippen molar-refractivity contribution < 1.29 is 9.53 Å². The molecular formula is C13H11N3O2S3. The van der Waals surface area contributed by atoms with Crippen molar-refractivity contribution in [3.8, 4) is 5.75 Å². The quantitative estimate of drug-likeness (QED) is 0.853. The molecule has 0 saturated carbocycles. The average molecular weight is 337 g/mol. The summed E-state index contributed by atoms with van der Waals surface area (Å²) < 4.78 is 6.01. The Labute approximate surface area is 136 Å². The molecule has 3 rings (SSSR count). The number of amides is 1. The molecule has 8 heteroatoms. The van der Waals surface area contributed by atoms with Crippen LogP contribution < -0.4 is 15.0 Å². The summed E-state index contributed by atoms with van der Waals surface area (Å²) in [6, 6.07) is 7.50. The van der Waals surface area contributed by atoms with Crippen LogP contribution in [0.1, 0.15) is 6.92 Å². The summed E-state index contributed by atoms with van der Waals surface area (Å²) in [6.45, 7) is 2.54. The number of fused-ring (bicyclic) bond motifs is 1. The molecule has 1 unspecified atom stereocenters. The third-order valence-corrected chi connectivity index (χ3v) is 4.66. The molecule has 1 saturated heterocycles. The Kier molecular flexibility index (Phi) is 3.92. The first-order valence-electron chi connectivity index (χ1n) is 6.27. The maximum Gasteiger partial charge on any atom is 0.247 e. The zero-order valence-corrected chi connectivity index (χ0v) is 13.5. The number of anilines is 1. The lowest BCUT2D eigenvalue weighted by molar-refractivity contribution is -0.118. The Bertz CT molecular complexity index is 657. The van der Waals surface area contributed by atoms with Crippen molar-refractivity contribution in [1.29, 1.82) is 0 Å². The molecule has 0 aliphatic carbocycles. The van der Waals surface area contributed by atoms with Gasteiger partial charge in [-0.25, -0.2) is 4.99 Å². The molecule has 1 aromatic rings. The van der Waals surface area contributed by atoms with E-state index in [-0.39, 0.29) is 11.0 Å². The molecular weight excluding hydrogens is 326 g/mol. The van der Waals surface area contributed by atoms with E-state index >= 15 is 0 Å². The van der Waals surface area contributed by atoms with Gasteiger partial charge in [0, 0.05) is 5.69 Å². The van der Waals surface area contributed by atoms with Gasteiger partial charge in [-0.05, 0) is 43.4 Å². The molecule has 0 spiro atoms. The molecule has 1 atom stereocenters. The number of benzene rings is 1. The molecule has 108 valence electrons. The Morgan fingerprint density at radius 2 is 2.10 bits per heavy atom. The molecule has 5 nitrogen and oxygen atoms in total. The van der Waals surface area contributed by atoms with Crippen LogP contribution >= 0.6 is 36.2 Å². The van der Waals surface area contributed by atoms with Gasteiger partial charge in [-0.15, -0.1) is 0 Å². The predicted octanol–water partition coefficient (Wildman–Crippen LogP) is 2.11. The molecule has 1 N–H and O–H groups in total. The molecule has 2 heterocycles. The van der Waals surface area contributed by atoms with Crippen molar-refractivity contribution >= 4 is 63.1 Å². The van der Waals surface area contributed by atoms with Gasteiger partial charge in [-0.3, -0.25) is 15.0 Å².